The smallest absolute Gasteiger partial charge is 0.291 e. The third-order valence-corrected chi connectivity index (χ3v) is 5.02. The molecular weight excluding hydrogens is 396 g/mol. The van der Waals surface area contributed by atoms with Gasteiger partial charge in [-0.1, -0.05) is 24.3 Å². The van der Waals surface area contributed by atoms with Crippen LogP contribution in [0.25, 0.3) is 0 Å². The molecular formula is C24H26N2O5. The van der Waals surface area contributed by atoms with Gasteiger partial charge in [-0.3, -0.25) is 9.69 Å². The second-order valence-electron chi connectivity index (χ2n) is 7.25. The maximum atomic E-state index is 12.6. The van der Waals surface area contributed by atoms with E-state index in [-0.39, 0.29) is 18.3 Å². The summed E-state index contributed by atoms with van der Waals surface area (Å²) in [6.07, 6.45) is 0. The Balaban J connectivity index is 1.34. The highest BCUT2D eigenvalue weighted by Crippen LogP contribution is 2.27. The molecule has 1 amide bonds. The Hall–Kier alpha value is -3.29. The Kier molecular flexibility index (Phi) is 6.86. The number of para-hydroxylation sites is 2. The van der Waals surface area contributed by atoms with Crippen molar-refractivity contribution in [2.45, 2.75) is 13.2 Å². The molecule has 162 valence electrons. The zero-order chi connectivity index (χ0) is 21.5. The number of morpholine rings is 1. The number of carbonyl (C=O) groups excluding carboxylic acids is 1. The van der Waals surface area contributed by atoms with Crippen LogP contribution in [0.15, 0.2) is 65.1 Å². The van der Waals surface area contributed by atoms with Gasteiger partial charge in [0, 0.05) is 25.3 Å². The van der Waals surface area contributed by atoms with Gasteiger partial charge in [0.15, 0.2) is 17.3 Å². The lowest BCUT2D eigenvalue weighted by Gasteiger charge is -2.26. The van der Waals surface area contributed by atoms with E-state index >= 15 is 0 Å². The van der Waals surface area contributed by atoms with E-state index in [0.29, 0.717) is 17.3 Å². The predicted molar refractivity (Wildman–Crippen MR) is 117 cm³/mol. The molecule has 0 unspecified atom stereocenters. The Morgan fingerprint density at radius 1 is 1.03 bits per heavy atom. The lowest BCUT2D eigenvalue weighted by atomic mass is 10.2. The summed E-state index contributed by atoms with van der Waals surface area (Å²) in [5.74, 6) is 1.75. The van der Waals surface area contributed by atoms with Gasteiger partial charge in [-0.25, -0.2) is 0 Å². The normalized spacial score (nSPS) is 14.2. The van der Waals surface area contributed by atoms with E-state index in [1.54, 1.807) is 19.2 Å². The molecule has 0 saturated carbocycles. The molecule has 1 aliphatic rings. The largest absolute Gasteiger partial charge is 0.493 e. The first-order chi connectivity index (χ1) is 15.2. The van der Waals surface area contributed by atoms with Crippen molar-refractivity contribution in [2.75, 3.05) is 38.7 Å². The van der Waals surface area contributed by atoms with Crippen molar-refractivity contribution in [2.24, 2.45) is 0 Å². The molecule has 0 atom stereocenters. The summed E-state index contributed by atoms with van der Waals surface area (Å²) in [4.78, 5) is 14.9. The molecule has 1 aliphatic heterocycles. The molecule has 7 nitrogen and oxygen atoms in total. The molecule has 1 N–H and O–H groups in total. The van der Waals surface area contributed by atoms with Crippen LogP contribution in [-0.2, 0) is 17.9 Å². The summed E-state index contributed by atoms with van der Waals surface area (Å²) >= 11 is 0. The SMILES string of the molecule is COc1ccccc1OCc1ccc(C(=O)Nc2cccc(CN3CCOCC3)c2)o1. The highest BCUT2D eigenvalue weighted by molar-refractivity contribution is 6.02. The molecule has 0 radical (unpaired) electrons. The van der Waals surface area contributed by atoms with E-state index in [9.17, 15) is 4.79 Å². The average Bonchev–Trinajstić information content (AvgIpc) is 3.28. The minimum Gasteiger partial charge on any atom is -0.493 e. The fourth-order valence-electron chi connectivity index (χ4n) is 3.42. The number of methoxy groups -OCH3 is 1. The van der Waals surface area contributed by atoms with Crippen molar-refractivity contribution < 1.29 is 23.4 Å². The van der Waals surface area contributed by atoms with Gasteiger partial charge in [0.1, 0.15) is 12.4 Å². The Morgan fingerprint density at radius 3 is 2.65 bits per heavy atom. The Bertz CT molecular complexity index is 1010. The number of rotatable bonds is 8. The van der Waals surface area contributed by atoms with Crippen LogP contribution in [0.3, 0.4) is 0 Å². The number of anilines is 1. The molecule has 4 rings (SSSR count). The average molecular weight is 422 g/mol. The molecule has 0 aliphatic carbocycles. The van der Waals surface area contributed by atoms with E-state index in [1.807, 2.05) is 42.5 Å². The van der Waals surface area contributed by atoms with Crippen LogP contribution in [0, 0.1) is 0 Å². The summed E-state index contributed by atoms with van der Waals surface area (Å²) < 4.78 is 22.1. The van der Waals surface area contributed by atoms with Gasteiger partial charge in [-0.15, -0.1) is 0 Å². The summed E-state index contributed by atoms with van der Waals surface area (Å²) in [7, 11) is 1.59. The first-order valence-corrected chi connectivity index (χ1v) is 10.3. The molecule has 0 spiro atoms. The van der Waals surface area contributed by atoms with Gasteiger partial charge in [-0.05, 0) is 42.0 Å². The number of hydrogen-bond donors (Lipinski definition) is 1. The van der Waals surface area contributed by atoms with Gasteiger partial charge in [0.2, 0.25) is 0 Å². The number of amides is 1. The van der Waals surface area contributed by atoms with Crippen molar-refractivity contribution >= 4 is 11.6 Å². The maximum Gasteiger partial charge on any atom is 0.291 e. The first kappa shape index (κ1) is 21.0. The minimum absolute atomic E-state index is 0.197. The van der Waals surface area contributed by atoms with Gasteiger partial charge < -0.3 is 23.9 Å². The highest BCUT2D eigenvalue weighted by atomic mass is 16.5. The first-order valence-electron chi connectivity index (χ1n) is 10.3. The van der Waals surface area contributed by atoms with E-state index in [2.05, 4.69) is 16.3 Å². The van der Waals surface area contributed by atoms with E-state index in [4.69, 9.17) is 18.6 Å². The van der Waals surface area contributed by atoms with Crippen LogP contribution >= 0.6 is 0 Å². The third-order valence-electron chi connectivity index (χ3n) is 5.02. The standard InChI is InChI=1S/C24H26N2O5/c1-28-21-7-2-3-8-22(21)30-17-20-9-10-23(31-20)24(27)25-19-6-4-5-18(15-19)16-26-11-13-29-14-12-26/h2-10,15H,11-14,16-17H2,1H3,(H,25,27). The number of nitrogens with zero attached hydrogens (tertiary/aromatic N) is 1. The fourth-order valence-corrected chi connectivity index (χ4v) is 3.42. The predicted octanol–water partition coefficient (Wildman–Crippen LogP) is 3.95. The lowest BCUT2D eigenvalue weighted by Crippen LogP contribution is -2.35. The van der Waals surface area contributed by atoms with E-state index in [1.165, 1.54) is 0 Å². The van der Waals surface area contributed by atoms with Gasteiger partial charge in [-0.2, -0.15) is 0 Å². The van der Waals surface area contributed by atoms with Crippen LogP contribution < -0.4 is 14.8 Å². The summed E-state index contributed by atoms with van der Waals surface area (Å²) in [5, 5.41) is 2.90. The zero-order valence-electron chi connectivity index (χ0n) is 17.5. The zero-order valence-corrected chi connectivity index (χ0v) is 17.5. The molecule has 31 heavy (non-hydrogen) atoms. The molecule has 1 fully saturated rings. The molecule has 3 aromatic rings. The topological polar surface area (TPSA) is 73.2 Å². The number of furan rings is 1. The van der Waals surface area contributed by atoms with Crippen LogP contribution in [-0.4, -0.2) is 44.2 Å². The minimum atomic E-state index is -0.299. The molecule has 7 heteroatoms. The van der Waals surface area contributed by atoms with Crippen molar-refractivity contribution in [1.82, 2.24) is 4.90 Å². The van der Waals surface area contributed by atoms with Crippen LogP contribution in [0.4, 0.5) is 5.69 Å². The Morgan fingerprint density at radius 2 is 1.84 bits per heavy atom. The molecule has 2 aromatic carbocycles. The van der Waals surface area contributed by atoms with Crippen molar-refractivity contribution in [3.63, 3.8) is 0 Å². The highest BCUT2D eigenvalue weighted by Gasteiger charge is 2.14. The van der Waals surface area contributed by atoms with Crippen LogP contribution in [0.2, 0.25) is 0 Å². The van der Waals surface area contributed by atoms with Crippen LogP contribution in [0.1, 0.15) is 21.9 Å². The quantitative estimate of drug-likeness (QED) is 0.593. The summed E-state index contributed by atoms with van der Waals surface area (Å²) in [6, 6.07) is 18.6. The molecule has 0 bridgehead atoms. The molecule has 2 heterocycles. The fraction of sp³-hybridized carbons (Fsp3) is 0.292. The molecule has 1 aromatic heterocycles. The van der Waals surface area contributed by atoms with Crippen molar-refractivity contribution in [3.05, 3.63) is 77.7 Å². The van der Waals surface area contributed by atoms with Crippen LogP contribution in [0.5, 0.6) is 11.5 Å². The number of ether oxygens (including phenoxy) is 3. The number of hydrogen-bond acceptors (Lipinski definition) is 6. The van der Waals surface area contributed by atoms with E-state index < -0.39 is 0 Å². The van der Waals surface area contributed by atoms with Gasteiger partial charge in [0.05, 0.1) is 20.3 Å². The molecule has 1 saturated heterocycles. The van der Waals surface area contributed by atoms with Gasteiger partial charge in [0.25, 0.3) is 5.91 Å². The maximum absolute atomic E-state index is 12.6. The summed E-state index contributed by atoms with van der Waals surface area (Å²) in [6.45, 7) is 4.39. The third kappa shape index (κ3) is 5.65. The second-order valence-corrected chi connectivity index (χ2v) is 7.25. The van der Waals surface area contributed by atoms with Gasteiger partial charge >= 0.3 is 0 Å². The summed E-state index contributed by atoms with van der Waals surface area (Å²) in [5.41, 5.74) is 1.88. The van der Waals surface area contributed by atoms with Crippen molar-refractivity contribution in [3.8, 4) is 11.5 Å². The number of carbonyl (C=O) groups is 1. The Labute approximate surface area is 181 Å². The van der Waals surface area contributed by atoms with E-state index in [0.717, 1.165) is 44.1 Å². The lowest BCUT2D eigenvalue weighted by molar-refractivity contribution is 0.0342. The number of nitrogens with one attached hydrogen (secondary N) is 1. The second kappa shape index (κ2) is 10.1. The number of benzene rings is 2. The monoisotopic (exact) mass is 422 g/mol. The van der Waals surface area contributed by atoms with Crippen molar-refractivity contribution in [1.29, 1.82) is 0 Å².